The van der Waals surface area contributed by atoms with Gasteiger partial charge in [0.1, 0.15) is 10.3 Å². The predicted octanol–water partition coefficient (Wildman–Crippen LogP) is 1.28. The van der Waals surface area contributed by atoms with E-state index in [1.54, 1.807) is 6.92 Å². The molecule has 15 heavy (non-hydrogen) atoms. The Hall–Kier alpha value is -0.460. The van der Waals surface area contributed by atoms with Crippen molar-refractivity contribution in [2.75, 3.05) is 13.3 Å². The molecule has 0 aliphatic heterocycles. The van der Waals surface area contributed by atoms with E-state index in [9.17, 15) is 8.42 Å². The smallest absolute Gasteiger partial charge is 0.156 e. The number of hydrogen-bond donors (Lipinski definition) is 1. The fourth-order valence-corrected chi connectivity index (χ4v) is 3.23. The van der Waals surface area contributed by atoms with Crippen LogP contribution in [0.5, 0.6) is 0 Å². The highest BCUT2D eigenvalue weighted by atomic mass is 32.2. The lowest BCUT2D eigenvalue weighted by atomic mass is 10.4. The van der Waals surface area contributed by atoms with Crippen molar-refractivity contribution in [3.63, 3.8) is 0 Å². The fraction of sp³-hybridized carbons (Fsp3) is 0.667. The Balaban J connectivity index is 3.02. The molecule has 0 fully saturated rings. The van der Waals surface area contributed by atoms with Gasteiger partial charge >= 0.3 is 0 Å². The Morgan fingerprint density at radius 2 is 2.13 bits per heavy atom. The third-order valence-electron chi connectivity index (χ3n) is 2.24. The van der Waals surface area contributed by atoms with Gasteiger partial charge in [0.2, 0.25) is 0 Å². The molecule has 0 aliphatic rings. The van der Waals surface area contributed by atoms with Gasteiger partial charge in [-0.2, -0.15) is 0 Å². The molecule has 86 valence electrons. The molecule has 0 amide bonds. The summed E-state index contributed by atoms with van der Waals surface area (Å²) in [5, 5.41) is 3.21. The first kappa shape index (κ1) is 12.6. The lowest BCUT2D eigenvalue weighted by Crippen LogP contribution is -2.07. The SMILES string of the molecule is CNCc1sc(C(C)S(C)(=O)=O)nc1C. The molecular formula is C9H16N2O2S2. The van der Waals surface area contributed by atoms with Crippen LogP contribution in [-0.4, -0.2) is 26.7 Å². The summed E-state index contributed by atoms with van der Waals surface area (Å²) in [5.74, 6) is 0. The Kier molecular flexibility index (Phi) is 3.86. The summed E-state index contributed by atoms with van der Waals surface area (Å²) in [6.07, 6.45) is 1.24. The van der Waals surface area contributed by atoms with E-state index in [4.69, 9.17) is 0 Å². The van der Waals surface area contributed by atoms with Crippen LogP contribution in [0.1, 0.15) is 27.8 Å². The minimum atomic E-state index is -3.05. The summed E-state index contributed by atoms with van der Waals surface area (Å²) in [6.45, 7) is 4.32. The molecule has 4 nitrogen and oxygen atoms in total. The molecule has 1 aromatic heterocycles. The monoisotopic (exact) mass is 248 g/mol. The van der Waals surface area contributed by atoms with Crippen molar-refractivity contribution in [3.8, 4) is 0 Å². The van der Waals surface area contributed by atoms with Crippen LogP contribution in [0.15, 0.2) is 0 Å². The maximum Gasteiger partial charge on any atom is 0.156 e. The first-order valence-electron chi connectivity index (χ1n) is 4.66. The van der Waals surface area contributed by atoms with E-state index in [1.807, 2.05) is 14.0 Å². The maximum absolute atomic E-state index is 11.4. The molecule has 0 saturated carbocycles. The Morgan fingerprint density at radius 3 is 2.60 bits per heavy atom. The summed E-state index contributed by atoms with van der Waals surface area (Å²) in [7, 11) is -1.19. The first-order valence-corrected chi connectivity index (χ1v) is 7.43. The zero-order valence-electron chi connectivity index (χ0n) is 9.36. The topological polar surface area (TPSA) is 59.1 Å². The molecule has 1 N–H and O–H groups in total. The average molecular weight is 248 g/mol. The van der Waals surface area contributed by atoms with E-state index in [1.165, 1.54) is 17.6 Å². The number of hydrogen-bond acceptors (Lipinski definition) is 5. The van der Waals surface area contributed by atoms with Gasteiger partial charge in [0.05, 0.1) is 5.69 Å². The van der Waals surface area contributed by atoms with Crippen LogP contribution in [0.2, 0.25) is 0 Å². The number of nitrogens with one attached hydrogen (secondary N) is 1. The summed E-state index contributed by atoms with van der Waals surface area (Å²) in [4.78, 5) is 5.39. The highest BCUT2D eigenvalue weighted by molar-refractivity contribution is 7.91. The normalized spacial score (nSPS) is 14.1. The van der Waals surface area contributed by atoms with E-state index in [-0.39, 0.29) is 0 Å². The summed E-state index contributed by atoms with van der Waals surface area (Å²) < 4.78 is 22.7. The number of rotatable bonds is 4. The van der Waals surface area contributed by atoms with Crippen molar-refractivity contribution in [1.82, 2.24) is 10.3 Å². The number of aromatic nitrogens is 1. The Bertz CT molecular complexity index is 437. The second-order valence-electron chi connectivity index (χ2n) is 3.56. The minimum absolute atomic E-state index is 0.508. The lowest BCUT2D eigenvalue weighted by Gasteiger charge is -2.03. The molecule has 0 saturated heterocycles. The zero-order chi connectivity index (χ0) is 11.6. The van der Waals surface area contributed by atoms with Gasteiger partial charge in [-0.25, -0.2) is 13.4 Å². The van der Waals surface area contributed by atoms with Gasteiger partial charge in [-0.1, -0.05) is 0 Å². The third kappa shape index (κ3) is 2.99. The molecule has 0 radical (unpaired) electrons. The molecule has 0 bridgehead atoms. The van der Waals surface area contributed by atoms with Crippen LogP contribution in [0, 0.1) is 6.92 Å². The second-order valence-corrected chi connectivity index (χ2v) is 7.04. The van der Waals surface area contributed by atoms with Gasteiger partial charge < -0.3 is 5.32 Å². The molecule has 1 rings (SSSR count). The zero-order valence-corrected chi connectivity index (χ0v) is 11.0. The van der Waals surface area contributed by atoms with Gasteiger partial charge in [0.15, 0.2) is 9.84 Å². The van der Waals surface area contributed by atoms with Crippen LogP contribution in [-0.2, 0) is 16.4 Å². The van der Waals surface area contributed by atoms with Crippen LogP contribution < -0.4 is 5.32 Å². The molecule has 1 atom stereocenters. The first-order chi connectivity index (χ1) is 6.86. The number of aryl methyl sites for hydroxylation is 1. The van der Waals surface area contributed by atoms with Crippen molar-refractivity contribution in [2.45, 2.75) is 25.6 Å². The maximum atomic E-state index is 11.4. The minimum Gasteiger partial charge on any atom is -0.315 e. The molecule has 6 heteroatoms. The van der Waals surface area contributed by atoms with E-state index in [2.05, 4.69) is 10.3 Å². The van der Waals surface area contributed by atoms with E-state index in [0.29, 0.717) is 5.01 Å². The standard InChI is InChI=1S/C9H16N2O2S2/c1-6-8(5-10-3)14-9(11-6)7(2)15(4,12)13/h7,10H,5H2,1-4H3. The summed E-state index contributed by atoms with van der Waals surface area (Å²) >= 11 is 1.47. The van der Waals surface area contributed by atoms with Gasteiger partial charge in [-0.15, -0.1) is 11.3 Å². The van der Waals surface area contributed by atoms with Crippen LogP contribution >= 0.6 is 11.3 Å². The van der Waals surface area contributed by atoms with Crippen molar-refractivity contribution in [3.05, 3.63) is 15.6 Å². The van der Waals surface area contributed by atoms with Gasteiger partial charge in [0, 0.05) is 17.7 Å². The summed E-state index contributed by atoms with van der Waals surface area (Å²) in [5.41, 5.74) is 0.917. The number of thiazole rings is 1. The molecule has 1 unspecified atom stereocenters. The Morgan fingerprint density at radius 1 is 1.53 bits per heavy atom. The lowest BCUT2D eigenvalue weighted by molar-refractivity contribution is 0.592. The largest absolute Gasteiger partial charge is 0.315 e. The van der Waals surface area contributed by atoms with Crippen molar-refractivity contribution < 1.29 is 8.42 Å². The molecule has 1 heterocycles. The summed E-state index contributed by atoms with van der Waals surface area (Å²) in [6, 6.07) is 0. The highest BCUT2D eigenvalue weighted by Gasteiger charge is 2.21. The quantitative estimate of drug-likeness (QED) is 0.872. The molecule has 1 aromatic rings. The van der Waals surface area contributed by atoms with Crippen LogP contribution in [0.3, 0.4) is 0 Å². The molecular weight excluding hydrogens is 232 g/mol. The van der Waals surface area contributed by atoms with Gasteiger partial charge in [0.25, 0.3) is 0 Å². The molecule has 0 aliphatic carbocycles. The highest BCUT2D eigenvalue weighted by Crippen LogP contribution is 2.27. The average Bonchev–Trinajstić information content (AvgIpc) is 2.46. The third-order valence-corrected chi connectivity index (χ3v) is 5.23. The van der Waals surface area contributed by atoms with E-state index >= 15 is 0 Å². The van der Waals surface area contributed by atoms with Gasteiger partial charge in [-0.3, -0.25) is 0 Å². The molecule has 0 aromatic carbocycles. The van der Waals surface area contributed by atoms with Crippen molar-refractivity contribution in [1.29, 1.82) is 0 Å². The second kappa shape index (κ2) is 4.59. The van der Waals surface area contributed by atoms with Crippen LogP contribution in [0.4, 0.5) is 0 Å². The number of nitrogens with zero attached hydrogens (tertiary/aromatic N) is 1. The Labute approximate surface area is 94.7 Å². The number of sulfone groups is 1. The van der Waals surface area contributed by atoms with Crippen molar-refractivity contribution in [2.24, 2.45) is 0 Å². The fourth-order valence-electron chi connectivity index (χ4n) is 1.13. The molecule has 0 spiro atoms. The van der Waals surface area contributed by atoms with E-state index < -0.39 is 15.1 Å². The van der Waals surface area contributed by atoms with E-state index in [0.717, 1.165) is 17.1 Å². The van der Waals surface area contributed by atoms with Crippen molar-refractivity contribution >= 4 is 21.2 Å². The van der Waals surface area contributed by atoms with Gasteiger partial charge in [-0.05, 0) is 20.9 Å². The predicted molar refractivity (Wildman–Crippen MR) is 62.9 cm³/mol. The van der Waals surface area contributed by atoms with Crippen LogP contribution in [0.25, 0.3) is 0 Å².